The first-order valence-corrected chi connectivity index (χ1v) is 8.67. The highest BCUT2D eigenvalue weighted by Crippen LogP contribution is 2.34. The Hall–Kier alpha value is -0.870. The number of carbonyl (C=O) groups is 1. The van der Waals surface area contributed by atoms with Crippen LogP contribution < -0.4 is 10.6 Å². The van der Waals surface area contributed by atoms with Crippen molar-refractivity contribution < 1.29 is 4.79 Å². The van der Waals surface area contributed by atoms with Gasteiger partial charge in [0.2, 0.25) is 5.91 Å². The third-order valence-electron chi connectivity index (χ3n) is 4.92. The Morgan fingerprint density at radius 3 is 2.57 bits per heavy atom. The van der Waals surface area contributed by atoms with Crippen LogP contribution in [-0.2, 0) is 4.79 Å². The van der Waals surface area contributed by atoms with Gasteiger partial charge in [-0.3, -0.25) is 4.79 Å². The van der Waals surface area contributed by atoms with Crippen LogP contribution in [0.2, 0.25) is 0 Å². The van der Waals surface area contributed by atoms with Crippen molar-refractivity contribution in [2.75, 3.05) is 5.32 Å². The molecule has 2 fully saturated rings. The summed E-state index contributed by atoms with van der Waals surface area (Å²) in [7, 11) is 0. The average molecular weight is 351 g/mol. The van der Waals surface area contributed by atoms with E-state index in [4.69, 9.17) is 0 Å². The molecule has 0 spiro atoms. The Balaban J connectivity index is 1.70. The van der Waals surface area contributed by atoms with Crippen LogP contribution in [-0.4, -0.2) is 18.0 Å². The summed E-state index contributed by atoms with van der Waals surface area (Å²) in [6, 6.07) is 4.62. The van der Waals surface area contributed by atoms with Gasteiger partial charge in [-0.25, -0.2) is 0 Å². The second-order valence-corrected chi connectivity index (χ2v) is 7.43. The maximum Gasteiger partial charge on any atom is 0.241 e. The number of nitrogens with one attached hydrogen (secondary N) is 2. The number of rotatable bonds is 2. The summed E-state index contributed by atoms with van der Waals surface area (Å²) in [4.78, 5) is 12.6. The van der Waals surface area contributed by atoms with Crippen LogP contribution in [0.25, 0.3) is 0 Å². The maximum atomic E-state index is 12.6. The highest BCUT2D eigenvalue weighted by atomic mass is 79.9. The lowest BCUT2D eigenvalue weighted by atomic mass is 9.85. The standard InChI is InChI=1S/C17H23BrN2O/c1-10-7-13(18)8-11(2)16(10)20-17(21)15-9-12-5-3-4-6-14(12)19-15/h7-8,12,14-15,19H,3-6,9H2,1-2H3,(H,20,21). The molecule has 3 unspecified atom stereocenters. The summed E-state index contributed by atoms with van der Waals surface area (Å²) in [5.41, 5.74) is 3.16. The third kappa shape index (κ3) is 3.16. The van der Waals surface area contributed by atoms with Crippen molar-refractivity contribution in [2.45, 2.75) is 58.0 Å². The minimum absolute atomic E-state index is 0.0273. The van der Waals surface area contributed by atoms with Crippen molar-refractivity contribution in [3.8, 4) is 0 Å². The van der Waals surface area contributed by atoms with Gasteiger partial charge < -0.3 is 10.6 Å². The van der Waals surface area contributed by atoms with Gasteiger partial charge in [0.05, 0.1) is 6.04 Å². The fourth-order valence-corrected chi connectivity index (χ4v) is 4.53. The first-order chi connectivity index (χ1) is 10.0. The molecule has 0 aromatic heterocycles. The van der Waals surface area contributed by atoms with E-state index in [-0.39, 0.29) is 11.9 Å². The molecule has 2 aliphatic rings. The van der Waals surface area contributed by atoms with Crippen LogP contribution >= 0.6 is 15.9 Å². The molecule has 21 heavy (non-hydrogen) atoms. The SMILES string of the molecule is Cc1cc(Br)cc(C)c1NC(=O)C1CC2CCCCC2N1. The van der Waals surface area contributed by atoms with Crippen LogP contribution in [0.15, 0.2) is 16.6 Å². The van der Waals surface area contributed by atoms with Gasteiger partial charge in [-0.2, -0.15) is 0 Å². The number of halogens is 1. The van der Waals surface area contributed by atoms with Gasteiger partial charge in [0, 0.05) is 16.2 Å². The molecule has 3 nitrogen and oxygen atoms in total. The summed E-state index contributed by atoms with van der Waals surface area (Å²) < 4.78 is 1.06. The largest absolute Gasteiger partial charge is 0.324 e. The quantitative estimate of drug-likeness (QED) is 0.848. The van der Waals surface area contributed by atoms with E-state index in [9.17, 15) is 4.79 Å². The van der Waals surface area contributed by atoms with E-state index in [0.717, 1.165) is 27.7 Å². The minimum Gasteiger partial charge on any atom is -0.324 e. The monoisotopic (exact) mass is 350 g/mol. The number of fused-ring (bicyclic) bond motifs is 1. The molecule has 1 aromatic carbocycles. The molecule has 1 saturated carbocycles. The number of hydrogen-bond acceptors (Lipinski definition) is 2. The Labute approximate surface area is 135 Å². The molecule has 1 aliphatic carbocycles. The number of hydrogen-bond donors (Lipinski definition) is 2. The van der Waals surface area contributed by atoms with E-state index in [1.807, 2.05) is 26.0 Å². The summed E-state index contributed by atoms with van der Waals surface area (Å²) in [6.07, 6.45) is 6.11. The second-order valence-electron chi connectivity index (χ2n) is 6.51. The number of benzene rings is 1. The van der Waals surface area contributed by atoms with Gasteiger partial charge in [0.1, 0.15) is 0 Å². The molecule has 114 valence electrons. The van der Waals surface area contributed by atoms with Gasteiger partial charge in [0.15, 0.2) is 0 Å². The van der Waals surface area contributed by atoms with Crippen molar-refractivity contribution >= 4 is 27.5 Å². The molecule has 0 radical (unpaired) electrons. The van der Waals surface area contributed by atoms with Crippen molar-refractivity contribution in [1.29, 1.82) is 0 Å². The van der Waals surface area contributed by atoms with Crippen molar-refractivity contribution in [2.24, 2.45) is 5.92 Å². The molecule has 1 saturated heterocycles. The molecule has 3 rings (SSSR count). The van der Waals surface area contributed by atoms with Crippen molar-refractivity contribution in [3.63, 3.8) is 0 Å². The van der Waals surface area contributed by atoms with Gasteiger partial charge in [0.25, 0.3) is 0 Å². The molecular formula is C17H23BrN2O. The smallest absolute Gasteiger partial charge is 0.241 e. The first kappa shape index (κ1) is 15.0. The lowest BCUT2D eigenvalue weighted by Crippen LogP contribution is -2.40. The van der Waals surface area contributed by atoms with Gasteiger partial charge in [-0.05, 0) is 62.3 Å². The summed E-state index contributed by atoms with van der Waals surface area (Å²) >= 11 is 3.50. The van der Waals surface area contributed by atoms with Gasteiger partial charge in [-0.1, -0.05) is 28.8 Å². The van der Waals surface area contributed by atoms with E-state index < -0.39 is 0 Å². The molecular weight excluding hydrogens is 328 g/mol. The van der Waals surface area contributed by atoms with Crippen molar-refractivity contribution in [3.05, 3.63) is 27.7 Å². The Bertz CT molecular complexity index is 521. The van der Waals surface area contributed by atoms with E-state index in [0.29, 0.717) is 12.0 Å². The van der Waals surface area contributed by atoms with E-state index in [1.54, 1.807) is 0 Å². The Morgan fingerprint density at radius 1 is 1.24 bits per heavy atom. The highest BCUT2D eigenvalue weighted by Gasteiger charge is 2.38. The molecule has 3 atom stereocenters. The first-order valence-electron chi connectivity index (χ1n) is 7.88. The topological polar surface area (TPSA) is 41.1 Å². The maximum absolute atomic E-state index is 12.6. The summed E-state index contributed by atoms with van der Waals surface area (Å²) in [5, 5.41) is 6.68. The zero-order valence-electron chi connectivity index (χ0n) is 12.7. The summed E-state index contributed by atoms with van der Waals surface area (Å²) in [5.74, 6) is 0.819. The van der Waals surface area contributed by atoms with Crippen LogP contribution in [0, 0.1) is 19.8 Å². The normalized spacial score (nSPS) is 28.2. The molecule has 2 N–H and O–H groups in total. The average Bonchev–Trinajstić information content (AvgIpc) is 2.86. The fourth-order valence-electron chi connectivity index (χ4n) is 3.84. The fraction of sp³-hybridized carbons (Fsp3) is 0.588. The van der Waals surface area contributed by atoms with E-state index >= 15 is 0 Å². The van der Waals surface area contributed by atoms with E-state index in [2.05, 4.69) is 26.6 Å². The highest BCUT2D eigenvalue weighted by molar-refractivity contribution is 9.10. The van der Waals surface area contributed by atoms with E-state index in [1.165, 1.54) is 25.7 Å². The molecule has 1 heterocycles. The molecule has 1 aromatic rings. The lowest BCUT2D eigenvalue weighted by Gasteiger charge is -2.24. The Kier molecular flexibility index (Phi) is 4.36. The minimum atomic E-state index is -0.0273. The van der Waals surface area contributed by atoms with Gasteiger partial charge in [-0.15, -0.1) is 0 Å². The molecule has 1 amide bonds. The Morgan fingerprint density at radius 2 is 1.90 bits per heavy atom. The second kappa shape index (κ2) is 6.09. The zero-order chi connectivity index (χ0) is 15.0. The number of aryl methyl sites for hydroxylation is 2. The van der Waals surface area contributed by atoms with Crippen molar-refractivity contribution in [1.82, 2.24) is 5.32 Å². The predicted octanol–water partition coefficient (Wildman–Crippen LogP) is 3.93. The lowest BCUT2D eigenvalue weighted by molar-refractivity contribution is -0.117. The third-order valence-corrected chi connectivity index (χ3v) is 5.38. The van der Waals surface area contributed by atoms with Crippen LogP contribution in [0.1, 0.15) is 43.2 Å². The van der Waals surface area contributed by atoms with Crippen LogP contribution in [0.5, 0.6) is 0 Å². The predicted molar refractivity (Wildman–Crippen MR) is 89.5 cm³/mol. The summed E-state index contributed by atoms with van der Waals surface area (Å²) in [6.45, 7) is 4.07. The molecule has 4 heteroatoms. The number of anilines is 1. The number of amides is 1. The number of carbonyl (C=O) groups excluding carboxylic acids is 1. The van der Waals surface area contributed by atoms with Gasteiger partial charge >= 0.3 is 0 Å². The molecule has 0 bridgehead atoms. The zero-order valence-corrected chi connectivity index (χ0v) is 14.3. The molecule has 1 aliphatic heterocycles. The van der Waals surface area contributed by atoms with Crippen LogP contribution in [0.3, 0.4) is 0 Å². The van der Waals surface area contributed by atoms with Crippen LogP contribution in [0.4, 0.5) is 5.69 Å².